The number of carbonyl (C=O) groups is 1. The third-order valence-corrected chi connectivity index (χ3v) is 2.04. The molecule has 0 spiro atoms. The molecule has 0 heterocycles. The molecule has 7 heteroatoms. The molecule has 0 bridgehead atoms. The average molecular weight is 240 g/mol. The van der Waals surface area contributed by atoms with Crippen LogP contribution in [-0.4, -0.2) is 11.1 Å². The Labute approximate surface area is 87.3 Å². The molecule has 1 aromatic rings. The second-order valence-electron chi connectivity index (χ2n) is 2.73. The van der Waals surface area contributed by atoms with Crippen molar-refractivity contribution in [1.82, 2.24) is 0 Å². The minimum atomic E-state index is -4.73. The van der Waals surface area contributed by atoms with Gasteiger partial charge in [0.2, 0.25) is 0 Å². The van der Waals surface area contributed by atoms with E-state index in [0.29, 0.717) is 6.07 Å². The molecule has 1 rings (SSSR count). The normalized spacial score (nSPS) is 11.5. The van der Waals surface area contributed by atoms with Crippen LogP contribution in [0.25, 0.3) is 0 Å². The van der Waals surface area contributed by atoms with Crippen LogP contribution in [0.1, 0.15) is 15.9 Å². The third-order valence-electron chi connectivity index (χ3n) is 1.63. The fourth-order valence-corrected chi connectivity index (χ4v) is 1.31. The van der Waals surface area contributed by atoms with Crippen LogP contribution in [0.2, 0.25) is 5.02 Å². The van der Waals surface area contributed by atoms with Crippen LogP contribution in [0.4, 0.5) is 18.9 Å². The van der Waals surface area contributed by atoms with Gasteiger partial charge in [-0.1, -0.05) is 11.6 Å². The summed E-state index contributed by atoms with van der Waals surface area (Å²) in [5, 5.41) is 7.72. The Morgan fingerprint density at radius 1 is 1.40 bits per heavy atom. The molecular formula is C8H5ClF3NO2. The topological polar surface area (TPSA) is 63.3 Å². The molecule has 0 amide bonds. The lowest BCUT2D eigenvalue weighted by Gasteiger charge is -2.11. The van der Waals surface area contributed by atoms with Crippen molar-refractivity contribution in [2.75, 3.05) is 5.73 Å². The molecule has 0 radical (unpaired) electrons. The molecule has 0 unspecified atom stereocenters. The minimum Gasteiger partial charge on any atom is -0.478 e. The molecule has 0 atom stereocenters. The first-order valence-electron chi connectivity index (χ1n) is 3.63. The Balaban J connectivity index is 3.49. The van der Waals surface area contributed by atoms with E-state index in [0.717, 1.165) is 6.07 Å². The second kappa shape index (κ2) is 3.62. The van der Waals surface area contributed by atoms with Gasteiger partial charge in [-0.15, -0.1) is 0 Å². The minimum absolute atomic E-state index is 0.302. The van der Waals surface area contributed by atoms with Gasteiger partial charge in [-0.05, 0) is 12.1 Å². The molecular weight excluding hydrogens is 235 g/mol. The van der Waals surface area contributed by atoms with E-state index in [1.807, 2.05) is 0 Å². The first-order chi connectivity index (χ1) is 6.73. The summed E-state index contributed by atoms with van der Waals surface area (Å²) in [6, 6.07) is 1.47. The van der Waals surface area contributed by atoms with Crippen molar-refractivity contribution < 1.29 is 23.1 Å². The Morgan fingerprint density at radius 2 is 1.93 bits per heavy atom. The molecule has 0 aliphatic carbocycles. The molecule has 3 N–H and O–H groups in total. The zero-order valence-electron chi connectivity index (χ0n) is 7.10. The summed E-state index contributed by atoms with van der Waals surface area (Å²) in [5.41, 5.74) is 2.93. The monoisotopic (exact) mass is 239 g/mol. The van der Waals surface area contributed by atoms with E-state index in [1.54, 1.807) is 0 Å². The summed E-state index contributed by atoms with van der Waals surface area (Å²) < 4.78 is 37.0. The van der Waals surface area contributed by atoms with Crippen molar-refractivity contribution in [2.45, 2.75) is 6.18 Å². The number of alkyl halides is 3. The van der Waals surface area contributed by atoms with Crippen LogP contribution in [0, 0.1) is 0 Å². The van der Waals surface area contributed by atoms with E-state index in [9.17, 15) is 18.0 Å². The van der Waals surface area contributed by atoms with E-state index in [2.05, 4.69) is 0 Å². The van der Waals surface area contributed by atoms with Crippen molar-refractivity contribution in [3.8, 4) is 0 Å². The van der Waals surface area contributed by atoms with Gasteiger partial charge >= 0.3 is 12.1 Å². The molecule has 82 valence electrons. The van der Waals surface area contributed by atoms with E-state index < -0.39 is 28.3 Å². The zero-order valence-corrected chi connectivity index (χ0v) is 7.86. The molecule has 0 saturated heterocycles. The molecule has 0 fully saturated rings. The van der Waals surface area contributed by atoms with Gasteiger partial charge in [0.1, 0.15) is 0 Å². The maximum atomic E-state index is 12.3. The predicted molar refractivity (Wildman–Crippen MR) is 47.8 cm³/mol. The maximum absolute atomic E-state index is 12.3. The highest BCUT2D eigenvalue weighted by molar-refractivity contribution is 6.34. The van der Waals surface area contributed by atoms with Gasteiger partial charge in [0.05, 0.1) is 16.1 Å². The predicted octanol–water partition coefficient (Wildman–Crippen LogP) is 2.64. The fourth-order valence-electron chi connectivity index (χ4n) is 1.01. The van der Waals surface area contributed by atoms with Crippen molar-refractivity contribution in [2.24, 2.45) is 0 Å². The van der Waals surface area contributed by atoms with E-state index in [4.69, 9.17) is 22.4 Å². The number of nitrogen functional groups attached to an aromatic ring is 1. The lowest BCUT2D eigenvalue weighted by Crippen LogP contribution is -2.10. The Hall–Kier alpha value is -1.43. The van der Waals surface area contributed by atoms with Gasteiger partial charge in [-0.2, -0.15) is 13.2 Å². The molecule has 15 heavy (non-hydrogen) atoms. The van der Waals surface area contributed by atoms with Gasteiger partial charge < -0.3 is 10.8 Å². The molecule has 0 aliphatic heterocycles. The number of carboxylic acid groups (broad SMARTS) is 1. The largest absolute Gasteiger partial charge is 0.478 e. The van der Waals surface area contributed by atoms with Crippen molar-refractivity contribution >= 4 is 23.3 Å². The SMILES string of the molecule is Nc1cc(C(=O)O)c(Cl)c(C(F)(F)F)c1. The van der Waals surface area contributed by atoms with Crippen LogP contribution >= 0.6 is 11.6 Å². The Morgan fingerprint density at radius 3 is 2.33 bits per heavy atom. The first-order valence-corrected chi connectivity index (χ1v) is 4.01. The first kappa shape index (κ1) is 11.6. The highest BCUT2D eigenvalue weighted by Crippen LogP contribution is 2.37. The lowest BCUT2D eigenvalue weighted by molar-refractivity contribution is -0.137. The molecule has 0 aliphatic rings. The van der Waals surface area contributed by atoms with Gasteiger partial charge in [0, 0.05) is 5.69 Å². The average Bonchev–Trinajstić information content (AvgIpc) is 2.06. The third kappa shape index (κ3) is 2.33. The fraction of sp³-hybridized carbons (Fsp3) is 0.125. The summed E-state index contributed by atoms with van der Waals surface area (Å²) in [4.78, 5) is 10.5. The number of nitrogens with two attached hydrogens (primary N) is 1. The summed E-state index contributed by atoms with van der Waals surface area (Å²) in [5.74, 6) is -1.56. The standard InChI is InChI=1S/C8H5ClF3NO2/c9-6-4(7(14)15)1-3(13)2-5(6)8(10,11)12/h1-2H,13H2,(H,14,15). The second-order valence-corrected chi connectivity index (χ2v) is 3.11. The number of hydrogen-bond donors (Lipinski definition) is 2. The molecule has 1 aromatic carbocycles. The van der Waals surface area contributed by atoms with Crippen LogP contribution in [0.15, 0.2) is 12.1 Å². The molecule has 0 aromatic heterocycles. The van der Waals surface area contributed by atoms with Crippen molar-refractivity contribution in [3.05, 3.63) is 28.3 Å². The van der Waals surface area contributed by atoms with E-state index >= 15 is 0 Å². The van der Waals surface area contributed by atoms with Gasteiger partial charge in [0.25, 0.3) is 0 Å². The number of rotatable bonds is 1. The lowest BCUT2D eigenvalue weighted by atomic mass is 10.1. The van der Waals surface area contributed by atoms with Gasteiger partial charge in [-0.25, -0.2) is 4.79 Å². The Kier molecular flexibility index (Phi) is 2.81. The smallest absolute Gasteiger partial charge is 0.417 e. The van der Waals surface area contributed by atoms with Gasteiger partial charge in [-0.3, -0.25) is 0 Å². The molecule has 3 nitrogen and oxygen atoms in total. The van der Waals surface area contributed by atoms with Crippen LogP contribution in [-0.2, 0) is 6.18 Å². The maximum Gasteiger partial charge on any atom is 0.417 e. The van der Waals surface area contributed by atoms with Gasteiger partial charge in [0.15, 0.2) is 0 Å². The summed E-state index contributed by atoms with van der Waals surface area (Å²) >= 11 is 5.30. The van der Waals surface area contributed by atoms with E-state index in [-0.39, 0.29) is 5.69 Å². The van der Waals surface area contributed by atoms with E-state index in [1.165, 1.54) is 0 Å². The highest BCUT2D eigenvalue weighted by Gasteiger charge is 2.35. The number of benzene rings is 1. The van der Waals surface area contributed by atoms with Crippen molar-refractivity contribution in [1.29, 1.82) is 0 Å². The summed E-state index contributed by atoms with van der Waals surface area (Å²) in [6.07, 6.45) is -4.73. The zero-order chi connectivity index (χ0) is 11.8. The summed E-state index contributed by atoms with van der Waals surface area (Å²) in [6.45, 7) is 0. The summed E-state index contributed by atoms with van der Waals surface area (Å²) in [7, 11) is 0. The van der Waals surface area contributed by atoms with Crippen LogP contribution in [0.3, 0.4) is 0 Å². The number of hydrogen-bond acceptors (Lipinski definition) is 2. The number of aromatic carboxylic acids is 1. The van der Waals surface area contributed by atoms with Crippen LogP contribution < -0.4 is 5.73 Å². The van der Waals surface area contributed by atoms with Crippen molar-refractivity contribution in [3.63, 3.8) is 0 Å². The number of carboxylic acids is 1. The molecule has 0 saturated carbocycles. The quantitative estimate of drug-likeness (QED) is 0.741. The number of halogens is 4. The number of anilines is 1. The Bertz CT molecular complexity index is 417. The van der Waals surface area contributed by atoms with Crippen LogP contribution in [0.5, 0.6) is 0 Å². The highest BCUT2D eigenvalue weighted by atomic mass is 35.5.